The Labute approximate surface area is 133 Å². The number of hydrogen-bond acceptors (Lipinski definition) is 1. The van der Waals surface area contributed by atoms with Gasteiger partial charge in [0, 0.05) is 16.1 Å². The first-order valence-corrected chi connectivity index (χ1v) is 8.53. The van der Waals surface area contributed by atoms with Gasteiger partial charge >= 0.3 is 0 Å². The van der Waals surface area contributed by atoms with E-state index in [2.05, 4.69) is 19.2 Å². The predicted octanol–water partition coefficient (Wildman–Crippen LogP) is 5.34. The minimum absolute atomic E-state index is 0.610. The summed E-state index contributed by atoms with van der Waals surface area (Å²) in [5.41, 5.74) is 1.12. The molecule has 3 unspecified atom stereocenters. The molecule has 0 spiro atoms. The van der Waals surface area contributed by atoms with Crippen LogP contribution in [0, 0.1) is 11.8 Å². The number of hydrogen-bond donors (Lipinski definition) is 1. The topological polar surface area (TPSA) is 12.0 Å². The molecule has 0 aliphatic heterocycles. The number of halogens is 2. The highest BCUT2D eigenvalue weighted by Crippen LogP contribution is 2.35. The summed E-state index contributed by atoms with van der Waals surface area (Å²) in [4.78, 5) is 0. The van der Waals surface area contributed by atoms with Gasteiger partial charge in [0.25, 0.3) is 0 Å². The molecule has 20 heavy (non-hydrogen) atoms. The SMILES string of the molecule is CCCNC1CCC(C)CC1Cc1c(Cl)cccc1Cl. The summed E-state index contributed by atoms with van der Waals surface area (Å²) in [7, 11) is 0. The second-order valence-corrected chi connectivity index (χ2v) is 6.96. The third kappa shape index (κ3) is 4.13. The van der Waals surface area contributed by atoms with E-state index in [1.165, 1.54) is 25.7 Å². The van der Waals surface area contributed by atoms with Gasteiger partial charge in [0.1, 0.15) is 0 Å². The Morgan fingerprint density at radius 1 is 1.20 bits per heavy atom. The molecule has 1 saturated carbocycles. The lowest BCUT2D eigenvalue weighted by molar-refractivity contribution is 0.212. The molecule has 1 N–H and O–H groups in total. The second kappa shape index (κ2) is 7.68. The van der Waals surface area contributed by atoms with Crippen molar-refractivity contribution in [1.82, 2.24) is 5.32 Å². The van der Waals surface area contributed by atoms with Crippen molar-refractivity contribution in [2.45, 2.75) is 52.0 Å². The van der Waals surface area contributed by atoms with Crippen LogP contribution in [0.15, 0.2) is 18.2 Å². The lowest BCUT2D eigenvalue weighted by Crippen LogP contribution is -2.41. The van der Waals surface area contributed by atoms with Gasteiger partial charge in [-0.3, -0.25) is 0 Å². The summed E-state index contributed by atoms with van der Waals surface area (Å²) >= 11 is 12.7. The summed E-state index contributed by atoms with van der Waals surface area (Å²) in [6.07, 6.45) is 6.04. The third-order valence-corrected chi connectivity index (χ3v) is 5.14. The fourth-order valence-electron chi connectivity index (χ4n) is 3.31. The molecule has 1 aliphatic carbocycles. The van der Waals surface area contributed by atoms with Gasteiger partial charge in [-0.05, 0) is 68.2 Å². The van der Waals surface area contributed by atoms with Crippen LogP contribution in [-0.2, 0) is 6.42 Å². The Morgan fingerprint density at radius 2 is 1.90 bits per heavy atom. The quantitative estimate of drug-likeness (QED) is 0.773. The Kier molecular flexibility index (Phi) is 6.20. The Bertz CT molecular complexity index is 411. The Morgan fingerprint density at radius 3 is 2.55 bits per heavy atom. The fraction of sp³-hybridized carbons (Fsp3) is 0.647. The van der Waals surface area contributed by atoms with Crippen molar-refractivity contribution in [1.29, 1.82) is 0 Å². The summed E-state index contributed by atoms with van der Waals surface area (Å²) in [5.74, 6) is 1.45. The van der Waals surface area contributed by atoms with Gasteiger partial charge < -0.3 is 5.32 Å². The zero-order valence-electron chi connectivity index (χ0n) is 12.5. The minimum Gasteiger partial charge on any atom is -0.314 e. The molecule has 3 heteroatoms. The highest BCUT2D eigenvalue weighted by molar-refractivity contribution is 6.35. The molecule has 1 nitrogen and oxygen atoms in total. The molecule has 0 amide bonds. The van der Waals surface area contributed by atoms with Crippen molar-refractivity contribution in [2.75, 3.05) is 6.54 Å². The van der Waals surface area contributed by atoms with E-state index in [0.29, 0.717) is 12.0 Å². The molecular weight excluding hydrogens is 289 g/mol. The first-order valence-electron chi connectivity index (χ1n) is 7.78. The number of rotatable bonds is 5. The third-order valence-electron chi connectivity index (χ3n) is 4.43. The van der Waals surface area contributed by atoms with Crippen LogP contribution in [0.2, 0.25) is 10.0 Å². The van der Waals surface area contributed by atoms with Crippen LogP contribution in [-0.4, -0.2) is 12.6 Å². The standard InChI is InChI=1S/C17H25Cl2N/c1-3-9-20-17-8-7-12(2)10-13(17)11-14-15(18)5-4-6-16(14)19/h4-6,12-13,17,20H,3,7-11H2,1-2H3. The number of nitrogens with one attached hydrogen (secondary N) is 1. The maximum Gasteiger partial charge on any atom is 0.0452 e. The van der Waals surface area contributed by atoms with Crippen molar-refractivity contribution >= 4 is 23.2 Å². The van der Waals surface area contributed by atoms with Gasteiger partial charge in [0.15, 0.2) is 0 Å². The summed E-state index contributed by atoms with van der Waals surface area (Å²) in [6, 6.07) is 6.43. The number of benzene rings is 1. The van der Waals surface area contributed by atoms with Crippen molar-refractivity contribution < 1.29 is 0 Å². The Hall–Kier alpha value is -0.240. The zero-order chi connectivity index (χ0) is 14.5. The monoisotopic (exact) mass is 313 g/mol. The van der Waals surface area contributed by atoms with Gasteiger partial charge in [-0.2, -0.15) is 0 Å². The lowest BCUT2D eigenvalue weighted by atomic mass is 9.76. The van der Waals surface area contributed by atoms with Crippen molar-refractivity contribution in [2.24, 2.45) is 11.8 Å². The Balaban J connectivity index is 2.10. The van der Waals surface area contributed by atoms with E-state index in [4.69, 9.17) is 23.2 Å². The van der Waals surface area contributed by atoms with Gasteiger partial charge in [0.2, 0.25) is 0 Å². The van der Waals surface area contributed by atoms with E-state index in [9.17, 15) is 0 Å². The lowest BCUT2D eigenvalue weighted by Gasteiger charge is -2.36. The van der Waals surface area contributed by atoms with Crippen LogP contribution in [0.1, 0.15) is 45.1 Å². The van der Waals surface area contributed by atoms with Gasteiger partial charge in [-0.1, -0.05) is 43.1 Å². The average Bonchev–Trinajstić information content (AvgIpc) is 2.42. The van der Waals surface area contributed by atoms with E-state index in [1.807, 2.05) is 18.2 Å². The second-order valence-electron chi connectivity index (χ2n) is 6.14. The van der Waals surface area contributed by atoms with Gasteiger partial charge in [0.05, 0.1) is 0 Å². The van der Waals surface area contributed by atoms with Crippen LogP contribution < -0.4 is 5.32 Å². The van der Waals surface area contributed by atoms with Crippen LogP contribution in [0.5, 0.6) is 0 Å². The molecule has 2 rings (SSSR count). The zero-order valence-corrected chi connectivity index (χ0v) is 14.0. The van der Waals surface area contributed by atoms with Crippen molar-refractivity contribution in [3.63, 3.8) is 0 Å². The summed E-state index contributed by atoms with van der Waals surface area (Å²) < 4.78 is 0. The highest BCUT2D eigenvalue weighted by Gasteiger charge is 2.29. The maximum absolute atomic E-state index is 6.33. The minimum atomic E-state index is 0.610. The molecule has 0 saturated heterocycles. The molecule has 0 heterocycles. The van der Waals surface area contributed by atoms with E-state index < -0.39 is 0 Å². The first kappa shape index (κ1) is 16.1. The smallest absolute Gasteiger partial charge is 0.0452 e. The van der Waals surface area contributed by atoms with Crippen LogP contribution in [0.3, 0.4) is 0 Å². The molecule has 1 aromatic carbocycles. The van der Waals surface area contributed by atoms with Gasteiger partial charge in [-0.25, -0.2) is 0 Å². The van der Waals surface area contributed by atoms with Gasteiger partial charge in [-0.15, -0.1) is 0 Å². The van der Waals surface area contributed by atoms with Crippen molar-refractivity contribution in [3.05, 3.63) is 33.8 Å². The normalized spacial score (nSPS) is 26.7. The first-order chi connectivity index (χ1) is 9.61. The molecule has 0 bridgehead atoms. The average molecular weight is 314 g/mol. The van der Waals surface area contributed by atoms with E-state index in [0.717, 1.165) is 34.5 Å². The molecule has 0 radical (unpaired) electrons. The highest BCUT2D eigenvalue weighted by atomic mass is 35.5. The van der Waals surface area contributed by atoms with Crippen LogP contribution in [0.25, 0.3) is 0 Å². The van der Waals surface area contributed by atoms with Crippen LogP contribution in [0.4, 0.5) is 0 Å². The van der Waals surface area contributed by atoms with E-state index in [-0.39, 0.29) is 0 Å². The van der Waals surface area contributed by atoms with E-state index >= 15 is 0 Å². The molecule has 1 aromatic rings. The molecular formula is C17H25Cl2N. The van der Waals surface area contributed by atoms with E-state index in [1.54, 1.807) is 0 Å². The summed E-state index contributed by atoms with van der Waals surface area (Å²) in [5, 5.41) is 5.34. The molecule has 0 aromatic heterocycles. The predicted molar refractivity (Wildman–Crippen MR) is 88.8 cm³/mol. The fourth-order valence-corrected chi connectivity index (χ4v) is 3.86. The van der Waals surface area contributed by atoms with Crippen molar-refractivity contribution in [3.8, 4) is 0 Å². The molecule has 1 aliphatic rings. The molecule has 3 atom stereocenters. The summed E-state index contributed by atoms with van der Waals surface area (Å²) in [6.45, 7) is 5.68. The molecule has 1 fully saturated rings. The maximum atomic E-state index is 6.33. The molecule has 112 valence electrons. The largest absolute Gasteiger partial charge is 0.314 e. The van der Waals surface area contributed by atoms with Crippen LogP contribution >= 0.6 is 23.2 Å².